The number of ether oxygens (including phenoxy) is 1. The van der Waals surface area contributed by atoms with E-state index in [-0.39, 0.29) is 11.4 Å². The molecule has 1 N–H and O–H groups in total. The molecule has 0 bridgehead atoms. The van der Waals surface area contributed by atoms with Gasteiger partial charge in [-0.3, -0.25) is 0 Å². The Kier molecular flexibility index (Phi) is 4.41. The fourth-order valence-electron chi connectivity index (χ4n) is 3.83. The minimum absolute atomic E-state index is 0.243. The van der Waals surface area contributed by atoms with Crippen molar-refractivity contribution in [2.75, 3.05) is 18.6 Å². The number of methoxy groups -OCH3 is 1. The van der Waals surface area contributed by atoms with Gasteiger partial charge in [-0.25, -0.2) is 0 Å². The lowest BCUT2D eigenvalue weighted by Gasteiger charge is -2.30. The molecule has 1 aliphatic heterocycles. The zero-order chi connectivity index (χ0) is 18.2. The predicted octanol–water partition coefficient (Wildman–Crippen LogP) is 4.05. The number of hydrogen-bond acceptors (Lipinski definition) is 3. The summed E-state index contributed by atoms with van der Waals surface area (Å²) < 4.78 is 20.8. The lowest BCUT2D eigenvalue weighted by Crippen LogP contribution is -2.31. The first-order chi connectivity index (χ1) is 12.0. The van der Waals surface area contributed by atoms with Crippen molar-refractivity contribution in [3.8, 4) is 5.75 Å². The van der Waals surface area contributed by atoms with Gasteiger partial charge in [-0.2, -0.15) is 4.39 Å². The fraction of sp³-hybridized carbons (Fsp3) is 0.350. The molecule has 132 valence electrons. The highest BCUT2D eigenvalue weighted by Crippen LogP contribution is 2.50. The molecule has 0 radical (unpaired) electrons. The Bertz CT molecular complexity index is 839. The van der Waals surface area contributed by atoms with Crippen molar-refractivity contribution >= 4 is 11.9 Å². The number of fused-ring (bicyclic) bond motifs is 1. The van der Waals surface area contributed by atoms with Crippen LogP contribution in [0.2, 0.25) is 0 Å². The standard InChI is InChI=1S/C20H24FN3O/c1-5-24-17-8-7-15(25-4)12-16(17)20(2,18(24)10-11-22)13-14-6-9-19(21)23(14)3/h6-12,22H,5,13H2,1-4H3/b18-10-,22-11?. The van der Waals surface area contributed by atoms with Gasteiger partial charge in [-0.05, 0) is 55.8 Å². The van der Waals surface area contributed by atoms with E-state index in [1.165, 1.54) is 12.3 Å². The Morgan fingerprint density at radius 1 is 1.28 bits per heavy atom. The number of benzene rings is 1. The Hall–Kier alpha value is -2.56. The number of rotatable bonds is 5. The smallest absolute Gasteiger partial charge is 0.193 e. The van der Waals surface area contributed by atoms with Crippen LogP contribution in [0.25, 0.3) is 0 Å². The summed E-state index contributed by atoms with van der Waals surface area (Å²) in [6, 6.07) is 9.40. The summed E-state index contributed by atoms with van der Waals surface area (Å²) in [4.78, 5) is 2.22. The van der Waals surface area contributed by atoms with Gasteiger partial charge in [-0.15, -0.1) is 0 Å². The quantitative estimate of drug-likeness (QED) is 0.834. The number of likely N-dealkylation sites (N-methyl/N-ethyl adjacent to an activating group) is 1. The minimum atomic E-state index is -0.365. The van der Waals surface area contributed by atoms with Crippen LogP contribution < -0.4 is 9.64 Å². The van der Waals surface area contributed by atoms with Crippen LogP contribution in [0, 0.1) is 11.4 Å². The largest absolute Gasteiger partial charge is 0.497 e. The monoisotopic (exact) mass is 341 g/mol. The molecule has 2 aromatic rings. The topological polar surface area (TPSA) is 41.2 Å². The van der Waals surface area contributed by atoms with Crippen LogP contribution in [0.3, 0.4) is 0 Å². The zero-order valence-corrected chi connectivity index (χ0v) is 15.1. The first kappa shape index (κ1) is 17.3. The zero-order valence-electron chi connectivity index (χ0n) is 15.1. The maximum atomic E-state index is 13.8. The Morgan fingerprint density at radius 3 is 2.60 bits per heavy atom. The Balaban J connectivity index is 2.19. The van der Waals surface area contributed by atoms with Crippen molar-refractivity contribution in [1.29, 1.82) is 5.41 Å². The number of hydrogen-bond donors (Lipinski definition) is 1. The molecule has 1 aromatic carbocycles. The number of anilines is 1. The highest BCUT2D eigenvalue weighted by Gasteiger charge is 2.43. The summed E-state index contributed by atoms with van der Waals surface area (Å²) in [5.41, 5.74) is 3.87. The molecule has 3 rings (SSSR count). The highest BCUT2D eigenvalue weighted by molar-refractivity contribution is 5.79. The van der Waals surface area contributed by atoms with Crippen molar-refractivity contribution in [2.45, 2.75) is 25.7 Å². The molecule has 0 aliphatic carbocycles. The van der Waals surface area contributed by atoms with E-state index in [0.717, 1.165) is 34.9 Å². The second kappa shape index (κ2) is 6.39. The highest BCUT2D eigenvalue weighted by atomic mass is 19.1. The van der Waals surface area contributed by atoms with Gasteiger partial charge < -0.3 is 19.6 Å². The molecule has 5 heteroatoms. The summed E-state index contributed by atoms with van der Waals surface area (Å²) >= 11 is 0. The predicted molar refractivity (Wildman–Crippen MR) is 99.3 cm³/mol. The number of allylic oxidation sites excluding steroid dienone is 2. The third-order valence-corrected chi connectivity index (χ3v) is 5.20. The molecule has 1 aliphatic rings. The lowest BCUT2D eigenvalue weighted by atomic mass is 9.77. The molecular weight excluding hydrogens is 317 g/mol. The summed E-state index contributed by atoms with van der Waals surface area (Å²) in [5.74, 6) is 0.558. The maximum Gasteiger partial charge on any atom is 0.193 e. The van der Waals surface area contributed by atoms with E-state index in [1.807, 2.05) is 18.2 Å². The van der Waals surface area contributed by atoms with Gasteiger partial charge in [0.15, 0.2) is 5.95 Å². The van der Waals surface area contributed by atoms with Crippen molar-refractivity contribution in [3.63, 3.8) is 0 Å². The summed E-state index contributed by atoms with van der Waals surface area (Å²) in [6.45, 7) is 5.05. The van der Waals surface area contributed by atoms with Gasteiger partial charge in [0.25, 0.3) is 0 Å². The molecular formula is C20H24FN3O. The number of nitrogens with zero attached hydrogens (tertiary/aromatic N) is 2. The minimum Gasteiger partial charge on any atom is -0.497 e. The average Bonchev–Trinajstić information content (AvgIpc) is 3.04. The van der Waals surface area contributed by atoms with Crippen LogP contribution >= 0.6 is 0 Å². The fourth-order valence-corrected chi connectivity index (χ4v) is 3.83. The van der Waals surface area contributed by atoms with E-state index in [9.17, 15) is 4.39 Å². The maximum absolute atomic E-state index is 13.8. The van der Waals surface area contributed by atoms with Crippen LogP contribution in [0.4, 0.5) is 10.1 Å². The third-order valence-electron chi connectivity index (χ3n) is 5.20. The molecule has 0 saturated carbocycles. The van der Waals surface area contributed by atoms with Crippen LogP contribution in [0.5, 0.6) is 5.75 Å². The molecule has 0 spiro atoms. The Morgan fingerprint density at radius 2 is 2.04 bits per heavy atom. The molecule has 0 fully saturated rings. The van der Waals surface area contributed by atoms with Gasteiger partial charge >= 0.3 is 0 Å². The van der Waals surface area contributed by atoms with Crippen LogP contribution in [-0.4, -0.2) is 24.4 Å². The van der Waals surface area contributed by atoms with Gasteiger partial charge in [0.1, 0.15) is 5.75 Å². The summed E-state index contributed by atoms with van der Waals surface area (Å²) in [7, 11) is 3.40. The third kappa shape index (κ3) is 2.64. The van der Waals surface area contributed by atoms with Gasteiger partial charge in [0.05, 0.1) is 7.11 Å². The second-order valence-corrected chi connectivity index (χ2v) is 6.56. The number of aromatic nitrogens is 1. The number of halogens is 1. The normalized spacial score (nSPS) is 20.8. The Labute approximate surface area is 148 Å². The summed E-state index contributed by atoms with van der Waals surface area (Å²) in [6.07, 6.45) is 3.81. The van der Waals surface area contributed by atoms with Gasteiger partial charge in [-0.1, -0.05) is 0 Å². The molecule has 2 heterocycles. The molecule has 0 amide bonds. The molecule has 0 saturated heterocycles. The second-order valence-electron chi connectivity index (χ2n) is 6.56. The first-order valence-electron chi connectivity index (χ1n) is 8.43. The SMILES string of the molecule is CCN1/C(=C\C=N)C(C)(Cc2ccc(F)n2C)c2cc(OC)ccc21. The molecule has 1 atom stereocenters. The lowest BCUT2D eigenvalue weighted by molar-refractivity contribution is 0.413. The molecule has 1 unspecified atom stereocenters. The van der Waals surface area contributed by atoms with Gasteiger partial charge in [0, 0.05) is 48.7 Å². The van der Waals surface area contributed by atoms with Crippen molar-refractivity contribution in [2.24, 2.45) is 7.05 Å². The molecule has 4 nitrogen and oxygen atoms in total. The first-order valence-corrected chi connectivity index (χ1v) is 8.43. The van der Waals surface area contributed by atoms with Crippen LogP contribution in [-0.2, 0) is 18.9 Å². The summed E-state index contributed by atoms with van der Waals surface area (Å²) in [5, 5.41) is 7.60. The van der Waals surface area contributed by atoms with Crippen molar-refractivity contribution in [3.05, 3.63) is 59.3 Å². The van der Waals surface area contributed by atoms with E-state index in [0.29, 0.717) is 6.42 Å². The molecule has 25 heavy (non-hydrogen) atoms. The van der Waals surface area contributed by atoms with Crippen molar-refractivity contribution < 1.29 is 9.13 Å². The van der Waals surface area contributed by atoms with E-state index >= 15 is 0 Å². The molecule has 1 aromatic heterocycles. The van der Waals surface area contributed by atoms with Crippen LogP contribution in [0.1, 0.15) is 25.1 Å². The van der Waals surface area contributed by atoms with E-state index in [1.54, 1.807) is 18.7 Å². The van der Waals surface area contributed by atoms with Crippen molar-refractivity contribution in [1.82, 2.24) is 4.57 Å². The average molecular weight is 341 g/mol. The van der Waals surface area contributed by atoms with Gasteiger partial charge in [0.2, 0.25) is 0 Å². The van der Waals surface area contributed by atoms with E-state index in [2.05, 4.69) is 30.9 Å². The number of nitrogens with one attached hydrogen (secondary N) is 1. The van der Waals surface area contributed by atoms with Crippen LogP contribution in [0.15, 0.2) is 42.1 Å². The van der Waals surface area contributed by atoms with E-state index in [4.69, 9.17) is 10.1 Å². The van der Waals surface area contributed by atoms with E-state index < -0.39 is 0 Å².